The molecule has 1 heteroatoms. The Morgan fingerprint density at radius 3 is 1.97 bits per heavy atom. The Kier molecular flexibility index (Phi) is 4.97. The van der Waals surface area contributed by atoms with E-state index in [1.165, 1.54) is 71.6 Å². The number of aromatic nitrogens is 1. The number of benzene rings is 6. The minimum absolute atomic E-state index is 1.22. The molecule has 0 unspecified atom stereocenters. The van der Waals surface area contributed by atoms with Crippen LogP contribution in [0.1, 0.15) is 11.1 Å². The van der Waals surface area contributed by atoms with Crippen LogP contribution in [0.15, 0.2) is 127 Å². The summed E-state index contributed by atoms with van der Waals surface area (Å²) in [4.78, 5) is 0. The molecule has 0 saturated carbocycles. The van der Waals surface area contributed by atoms with Crippen LogP contribution in [-0.2, 0) is 0 Å². The Labute approximate surface area is 217 Å². The fraction of sp³-hybridized carbons (Fsp3) is 0.0556. The Morgan fingerprint density at radius 1 is 0.432 bits per heavy atom. The van der Waals surface area contributed by atoms with Crippen molar-refractivity contribution < 1.29 is 0 Å². The van der Waals surface area contributed by atoms with Crippen LogP contribution in [0.4, 0.5) is 0 Å². The topological polar surface area (TPSA) is 4.93 Å². The Morgan fingerprint density at radius 2 is 1.08 bits per heavy atom. The normalized spacial score (nSPS) is 11.5. The van der Waals surface area contributed by atoms with E-state index in [9.17, 15) is 0 Å². The number of hydrogen-bond donors (Lipinski definition) is 0. The van der Waals surface area contributed by atoms with Crippen LogP contribution >= 0.6 is 0 Å². The molecular formula is C36H27N. The Balaban J connectivity index is 1.46. The van der Waals surface area contributed by atoms with Crippen molar-refractivity contribution in [1.29, 1.82) is 0 Å². The molecule has 37 heavy (non-hydrogen) atoms. The van der Waals surface area contributed by atoms with Crippen LogP contribution in [0.3, 0.4) is 0 Å². The van der Waals surface area contributed by atoms with E-state index < -0.39 is 0 Å². The highest BCUT2D eigenvalue weighted by molar-refractivity contribution is 6.11. The first-order chi connectivity index (χ1) is 18.2. The van der Waals surface area contributed by atoms with Gasteiger partial charge in [0.1, 0.15) is 0 Å². The van der Waals surface area contributed by atoms with Crippen molar-refractivity contribution in [3.63, 3.8) is 0 Å². The molecule has 0 amide bonds. The molecule has 0 aliphatic rings. The lowest BCUT2D eigenvalue weighted by Crippen LogP contribution is -1.95. The summed E-state index contributed by atoms with van der Waals surface area (Å²) in [6, 6.07) is 46.4. The number of rotatable bonds is 3. The van der Waals surface area contributed by atoms with E-state index in [1.54, 1.807) is 0 Å². The molecule has 0 radical (unpaired) electrons. The van der Waals surface area contributed by atoms with Gasteiger partial charge in [0.05, 0.1) is 16.7 Å². The second-order valence-corrected chi connectivity index (χ2v) is 9.93. The second kappa shape index (κ2) is 8.50. The van der Waals surface area contributed by atoms with E-state index in [0.717, 1.165) is 0 Å². The Bertz CT molecular complexity index is 1950. The average molecular weight is 474 g/mol. The molecule has 7 rings (SSSR count). The summed E-state index contributed by atoms with van der Waals surface area (Å²) in [6.07, 6.45) is 0. The third-order valence-electron chi connectivity index (χ3n) is 7.69. The molecule has 6 aromatic carbocycles. The van der Waals surface area contributed by atoms with Crippen molar-refractivity contribution in [1.82, 2.24) is 4.57 Å². The Hall–Kier alpha value is -4.62. The van der Waals surface area contributed by atoms with Crippen LogP contribution in [0.5, 0.6) is 0 Å². The first-order valence-corrected chi connectivity index (χ1v) is 12.9. The van der Waals surface area contributed by atoms with Gasteiger partial charge in [-0.1, -0.05) is 97.1 Å². The van der Waals surface area contributed by atoms with Crippen molar-refractivity contribution in [3.05, 3.63) is 139 Å². The van der Waals surface area contributed by atoms with Gasteiger partial charge in [-0.15, -0.1) is 0 Å². The predicted molar refractivity (Wildman–Crippen MR) is 159 cm³/mol. The van der Waals surface area contributed by atoms with Gasteiger partial charge in [-0.25, -0.2) is 0 Å². The van der Waals surface area contributed by atoms with E-state index in [2.05, 4.69) is 146 Å². The molecule has 0 N–H and O–H groups in total. The number of hydrogen-bond acceptors (Lipinski definition) is 0. The smallest absolute Gasteiger partial charge is 0.0541 e. The molecule has 0 atom stereocenters. The maximum absolute atomic E-state index is 2.42. The van der Waals surface area contributed by atoms with Crippen LogP contribution < -0.4 is 0 Å². The van der Waals surface area contributed by atoms with Crippen LogP contribution in [-0.4, -0.2) is 4.57 Å². The van der Waals surface area contributed by atoms with Gasteiger partial charge in [-0.05, 0) is 82.9 Å². The van der Waals surface area contributed by atoms with E-state index in [1.807, 2.05) is 0 Å². The van der Waals surface area contributed by atoms with E-state index in [4.69, 9.17) is 0 Å². The lowest BCUT2D eigenvalue weighted by Gasteiger charge is -2.13. The molecule has 0 aliphatic heterocycles. The lowest BCUT2D eigenvalue weighted by atomic mass is 9.92. The van der Waals surface area contributed by atoms with Gasteiger partial charge in [-0.3, -0.25) is 0 Å². The third-order valence-corrected chi connectivity index (χ3v) is 7.69. The summed E-state index contributed by atoms with van der Waals surface area (Å²) in [5, 5.41) is 5.07. The first-order valence-electron chi connectivity index (χ1n) is 12.9. The molecule has 0 spiro atoms. The maximum atomic E-state index is 2.42. The zero-order valence-electron chi connectivity index (χ0n) is 21.1. The van der Waals surface area contributed by atoms with Gasteiger partial charge >= 0.3 is 0 Å². The highest BCUT2D eigenvalue weighted by atomic mass is 15.0. The summed E-state index contributed by atoms with van der Waals surface area (Å²) in [5.41, 5.74) is 11.4. The van der Waals surface area contributed by atoms with Crippen LogP contribution in [0.25, 0.3) is 60.5 Å². The van der Waals surface area contributed by atoms with Crippen LogP contribution in [0, 0.1) is 13.8 Å². The molecule has 0 bridgehead atoms. The van der Waals surface area contributed by atoms with Crippen molar-refractivity contribution >= 4 is 32.6 Å². The highest BCUT2D eigenvalue weighted by Crippen LogP contribution is 2.38. The number of para-hydroxylation sites is 1. The van der Waals surface area contributed by atoms with Crippen molar-refractivity contribution in [2.75, 3.05) is 0 Å². The number of nitrogens with zero attached hydrogens (tertiary/aromatic N) is 1. The molecule has 0 fully saturated rings. The maximum Gasteiger partial charge on any atom is 0.0541 e. The van der Waals surface area contributed by atoms with E-state index >= 15 is 0 Å². The van der Waals surface area contributed by atoms with Gasteiger partial charge in [0, 0.05) is 16.2 Å². The minimum Gasteiger partial charge on any atom is -0.309 e. The van der Waals surface area contributed by atoms with Gasteiger partial charge in [0.25, 0.3) is 0 Å². The fourth-order valence-corrected chi connectivity index (χ4v) is 5.78. The molecule has 1 nitrogen and oxygen atoms in total. The number of fused-ring (bicyclic) bond motifs is 4. The van der Waals surface area contributed by atoms with Crippen molar-refractivity contribution in [3.8, 4) is 27.9 Å². The lowest BCUT2D eigenvalue weighted by molar-refractivity contribution is 1.20. The molecule has 176 valence electrons. The molecule has 0 aliphatic carbocycles. The first kappa shape index (κ1) is 21.6. The molecule has 0 saturated heterocycles. The van der Waals surface area contributed by atoms with Crippen LogP contribution in [0.2, 0.25) is 0 Å². The highest BCUT2D eigenvalue weighted by Gasteiger charge is 2.15. The predicted octanol–water partition coefficient (Wildman–Crippen LogP) is 9.89. The zero-order valence-corrected chi connectivity index (χ0v) is 21.1. The summed E-state index contributed by atoms with van der Waals surface area (Å²) in [6.45, 7) is 4.39. The summed E-state index contributed by atoms with van der Waals surface area (Å²) >= 11 is 0. The monoisotopic (exact) mass is 473 g/mol. The third kappa shape index (κ3) is 3.47. The SMILES string of the molecule is Cc1ccccc1-c1cc(-c2ccc3c(c2)c2ccccc2n3-c2cccc3ccccc23)ccc1C. The molecule has 7 aromatic rings. The fourth-order valence-electron chi connectivity index (χ4n) is 5.78. The summed E-state index contributed by atoms with van der Waals surface area (Å²) in [7, 11) is 0. The van der Waals surface area contributed by atoms with E-state index in [0.29, 0.717) is 0 Å². The summed E-state index contributed by atoms with van der Waals surface area (Å²) < 4.78 is 2.42. The van der Waals surface area contributed by atoms with Gasteiger partial charge in [0.15, 0.2) is 0 Å². The van der Waals surface area contributed by atoms with E-state index in [-0.39, 0.29) is 0 Å². The molecule has 1 aromatic heterocycles. The van der Waals surface area contributed by atoms with Crippen molar-refractivity contribution in [2.24, 2.45) is 0 Å². The van der Waals surface area contributed by atoms with Gasteiger partial charge in [-0.2, -0.15) is 0 Å². The largest absolute Gasteiger partial charge is 0.309 e. The second-order valence-electron chi connectivity index (χ2n) is 9.93. The van der Waals surface area contributed by atoms with Gasteiger partial charge in [0.2, 0.25) is 0 Å². The average Bonchev–Trinajstić information content (AvgIpc) is 3.27. The quantitative estimate of drug-likeness (QED) is 0.241. The van der Waals surface area contributed by atoms with Crippen molar-refractivity contribution in [2.45, 2.75) is 13.8 Å². The number of aryl methyl sites for hydroxylation is 2. The molecular weight excluding hydrogens is 446 g/mol. The standard InChI is InChI=1S/C36H27N/c1-24-10-3-5-13-29(24)32-22-27(19-18-25(32)2)28-20-21-36-33(23-28)31-15-7-8-16-35(31)37(36)34-17-9-12-26-11-4-6-14-30(26)34/h3-23H,1-2H3. The minimum atomic E-state index is 1.22. The zero-order chi connectivity index (χ0) is 24.9. The van der Waals surface area contributed by atoms with Gasteiger partial charge < -0.3 is 4.57 Å². The summed E-state index contributed by atoms with van der Waals surface area (Å²) in [5.74, 6) is 0. The molecule has 1 heterocycles.